The van der Waals surface area contributed by atoms with Gasteiger partial charge in [-0.3, -0.25) is 4.79 Å². The number of rotatable bonds is 3. The van der Waals surface area contributed by atoms with E-state index in [1.807, 2.05) is 35.9 Å². The van der Waals surface area contributed by atoms with Crippen molar-refractivity contribution < 1.29 is 9.36 Å². The van der Waals surface area contributed by atoms with Crippen LogP contribution in [0.15, 0.2) is 24.4 Å². The highest BCUT2D eigenvalue weighted by atomic mass is 32.1. The lowest BCUT2D eigenvalue weighted by Gasteiger charge is -2.03. The highest BCUT2D eigenvalue weighted by molar-refractivity contribution is 7.16. The molecule has 0 bridgehead atoms. The smallest absolute Gasteiger partial charge is 0.290 e. The van der Waals surface area contributed by atoms with E-state index >= 15 is 0 Å². The van der Waals surface area contributed by atoms with Gasteiger partial charge in [-0.25, -0.2) is 0 Å². The summed E-state index contributed by atoms with van der Waals surface area (Å²) in [6.07, 6.45) is 4.98. The summed E-state index contributed by atoms with van der Waals surface area (Å²) in [5.74, 6) is -0.0919. The average Bonchev–Trinajstić information content (AvgIpc) is 3.01. The maximum Gasteiger partial charge on any atom is 0.290 e. The first kappa shape index (κ1) is 13.8. The van der Waals surface area contributed by atoms with Gasteiger partial charge in [-0.15, -0.1) is 11.3 Å². The second-order valence-electron chi connectivity index (χ2n) is 5.19. The summed E-state index contributed by atoms with van der Waals surface area (Å²) < 4.78 is 1.89. The van der Waals surface area contributed by atoms with Crippen molar-refractivity contribution in [2.24, 2.45) is 0 Å². The number of amides is 1. The summed E-state index contributed by atoms with van der Waals surface area (Å²) in [5.41, 5.74) is 2.83. The molecule has 2 aromatic rings. The quantitative estimate of drug-likeness (QED) is 0.884. The number of fused-ring (bicyclic) bond motifs is 1. The molecule has 106 valence electrons. The van der Waals surface area contributed by atoms with Crippen molar-refractivity contribution >= 4 is 22.2 Å². The Morgan fingerprint density at radius 3 is 3.10 bits per heavy atom. The number of hydrogen-bond acceptors (Lipinski definition) is 3. The van der Waals surface area contributed by atoms with Gasteiger partial charge in [0.05, 0.1) is 5.56 Å². The number of anilines is 1. The fraction of sp³-hybridized carbons (Fsp3) is 0.312. The molecule has 3 rings (SSSR count). The molecule has 1 aliphatic carbocycles. The van der Waals surface area contributed by atoms with Crippen molar-refractivity contribution in [2.45, 2.75) is 32.7 Å². The van der Waals surface area contributed by atoms with E-state index in [9.17, 15) is 10.1 Å². The highest BCUT2D eigenvalue weighted by Crippen LogP contribution is 2.38. The van der Waals surface area contributed by atoms with Gasteiger partial charge < -0.3 is 5.32 Å². The number of nitriles is 1. The van der Waals surface area contributed by atoms with Crippen LogP contribution in [0.25, 0.3) is 0 Å². The molecule has 0 radical (unpaired) electrons. The zero-order valence-corrected chi connectivity index (χ0v) is 12.7. The summed E-state index contributed by atoms with van der Waals surface area (Å²) in [4.78, 5) is 13.4. The number of carbonyl (C=O) groups excluding carboxylic acids is 1. The van der Waals surface area contributed by atoms with Crippen LogP contribution in [0.1, 0.15) is 28.1 Å². The summed E-state index contributed by atoms with van der Waals surface area (Å²) >= 11 is 1.55. The Morgan fingerprint density at radius 2 is 2.33 bits per heavy atom. The fourth-order valence-electron chi connectivity index (χ4n) is 2.67. The van der Waals surface area contributed by atoms with E-state index in [1.54, 1.807) is 11.3 Å². The first-order valence-corrected chi connectivity index (χ1v) is 7.80. The maximum atomic E-state index is 12.2. The molecule has 0 fully saturated rings. The van der Waals surface area contributed by atoms with Crippen molar-refractivity contribution in [3.8, 4) is 6.07 Å². The molecule has 0 unspecified atom stereocenters. The summed E-state index contributed by atoms with van der Waals surface area (Å²) in [7, 11) is 0. The molecule has 0 aromatic carbocycles. The van der Waals surface area contributed by atoms with E-state index in [0.29, 0.717) is 10.6 Å². The minimum atomic E-state index is -0.0919. The van der Waals surface area contributed by atoms with E-state index < -0.39 is 0 Å². The monoisotopic (exact) mass is 298 g/mol. The molecule has 0 saturated heterocycles. The third kappa shape index (κ3) is 2.67. The van der Waals surface area contributed by atoms with Gasteiger partial charge in [0.15, 0.2) is 11.9 Å². The lowest BCUT2D eigenvalue weighted by molar-refractivity contribution is -0.690. The molecule has 0 spiro atoms. The highest BCUT2D eigenvalue weighted by Gasteiger charge is 2.23. The third-order valence-electron chi connectivity index (χ3n) is 3.77. The zero-order chi connectivity index (χ0) is 14.8. The Morgan fingerprint density at radius 1 is 1.48 bits per heavy atom. The van der Waals surface area contributed by atoms with Gasteiger partial charge in [0.1, 0.15) is 11.1 Å². The molecule has 2 heterocycles. The molecule has 0 saturated carbocycles. The number of nitrogens with zero attached hydrogens (tertiary/aromatic N) is 2. The average molecular weight is 298 g/mol. The number of aromatic nitrogens is 1. The second kappa shape index (κ2) is 5.66. The van der Waals surface area contributed by atoms with E-state index in [2.05, 4.69) is 11.4 Å². The normalized spacial score (nSPS) is 12.8. The van der Waals surface area contributed by atoms with Gasteiger partial charge in [-0.1, -0.05) is 6.07 Å². The molecule has 0 aliphatic heterocycles. The summed E-state index contributed by atoms with van der Waals surface area (Å²) in [5, 5.41) is 12.9. The van der Waals surface area contributed by atoms with E-state index in [0.717, 1.165) is 30.5 Å². The second-order valence-corrected chi connectivity index (χ2v) is 6.30. The van der Waals surface area contributed by atoms with Crippen LogP contribution in [0.3, 0.4) is 0 Å². The molecule has 1 N–H and O–H groups in total. The van der Waals surface area contributed by atoms with Crippen molar-refractivity contribution in [2.75, 3.05) is 5.32 Å². The molecular weight excluding hydrogens is 282 g/mol. The molecule has 4 nitrogen and oxygen atoms in total. The SMILES string of the molecule is Cc1cccc[n+]1CC(=O)Nc1sc2c(c1C#N)CCC2. The molecule has 1 amide bonds. The third-order valence-corrected chi connectivity index (χ3v) is 4.97. The Labute approximate surface area is 127 Å². The molecule has 5 heteroatoms. The summed E-state index contributed by atoms with van der Waals surface area (Å²) in [6.45, 7) is 2.23. The summed E-state index contributed by atoms with van der Waals surface area (Å²) in [6, 6.07) is 8.06. The van der Waals surface area contributed by atoms with Gasteiger partial charge in [0, 0.05) is 23.9 Å². The van der Waals surface area contributed by atoms with Gasteiger partial charge in [-0.05, 0) is 24.8 Å². The van der Waals surface area contributed by atoms with Crippen LogP contribution in [-0.2, 0) is 24.2 Å². The standard InChI is InChI=1S/C16H15N3OS/c1-11-5-2-3-8-19(11)10-15(20)18-16-13(9-17)12-6-4-7-14(12)21-16/h2-3,5,8H,4,6-7,10H2,1H3/p+1. The van der Waals surface area contributed by atoms with Gasteiger partial charge in [0.25, 0.3) is 5.91 Å². The molecule has 21 heavy (non-hydrogen) atoms. The van der Waals surface area contributed by atoms with Crippen molar-refractivity contribution in [1.82, 2.24) is 0 Å². The number of aryl methyl sites for hydroxylation is 2. The van der Waals surface area contributed by atoms with E-state index in [1.165, 1.54) is 4.88 Å². The largest absolute Gasteiger partial charge is 0.311 e. The van der Waals surface area contributed by atoms with Gasteiger partial charge >= 0.3 is 0 Å². The lowest BCUT2D eigenvalue weighted by Crippen LogP contribution is -2.42. The van der Waals surface area contributed by atoms with Crippen LogP contribution in [0.5, 0.6) is 0 Å². The Balaban J connectivity index is 1.77. The number of nitrogens with one attached hydrogen (secondary N) is 1. The van der Waals surface area contributed by atoms with E-state index in [4.69, 9.17) is 0 Å². The Kier molecular flexibility index (Phi) is 3.72. The zero-order valence-electron chi connectivity index (χ0n) is 11.8. The first-order chi connectivity index (χ1) is 10.2. The molecule has 0 atom stereocenters. The van der Waals surface area contributed by atoms with Crippen LogP contribution in [-0.4, -0.2) is 5.91 Å². The van der Waals surface area contributed by atoms with Gasteiger partial charge in [-0.2, -0.15) is 9.83 Å². The topological polar surface area (TPSA) is 56.8 Å². The van der Waals surface area contributed by atoms with Gasteiger partial charge in [0.2, 0.25) is 6.54 Å². The lowest BCUT2D eigenvalue weighted by atomic mass is 10.1. The van der Waals surface area contributed by atoms with E-state index in [-0.39, 0.29) is 12.5 Å². The van der Waals surface area contributed by atoms with Crippen molar-refractivity contribution in [3.05, 3.63) is 46.1 Å². The minimum absolute atomic E-state index is 0.0919. The molecule has 1 aliphatic rings. The van der Waals surface area contributed by atoms with Crippen LogP contribution in [0.4, 0.5) is 5.00 Å². The van der Waals surface area contributed by atoms with Crippen LogP contribution in [0, 0.1) is 18.3 Å². The van der Waals surface area contributed by atoms with Crippen molar-refractivity contribution in [1.29, 1.82) is 5.26 Å². The minimum Gasteiger partial charge on any atom is -0.311 e. The first-order valence-electron chi connectivity index (χ1n) is 6.98. The number of pyridine rings is 1. The number of carbonyl (C=O) groups is 1. The van der Waals surface area contributed by atoms with Crippen LogP contribution in [0.2, 0.25) is 0 Å². The molecule has 2 aromatic heterocycles. The predicted octanol–water partition coefficient (Wildman–Crippen LogP) is 2.34. The molecular formula is C16H16N3OS+. The van der Waals surface area contributed by atoms with Crippen molar-refractivity contribution in [3.63, 3.8) is 0 Å². The predicted molar refractivity (Wildman–Crippen MR) is 81.1 cm³/mol. The Hall–Kier alpha value is -2.19. The Bertz CT molecular complexity index is 742. The maximum absolute atomic E-state index is 12.2. The number of thiophene rings is 1. The number of hydrogen-bond donors (Lipinski definition) is 1. The fourth-order valence-corrected chi connectivity index (χ4v) is 3.93. The van der Waals surface area contributed by atoms with Crippen LogP contribution < -0.4 is 9.88 Å². The van der Waals surface area contributed by atoms with Crippen LogP contribution >= 0.6 is 11.3 Å².